The lowest BCUT2D eigenvalue weighted by Crippen LogP contribution is -2.20. The van der Waals surface area contributed by atoms with E-state index in [9.17, 15) is 4.79 Å². The number of methoxy groups -OCH3 is 1. The maximum absolute atomic E-state index is 12.2. The van der Waals surface area contributed by atoms with E-state index in [1.165, 1.54) is 19.3 Å². The van der Waals surface area contributed by atoms with Crippen molar-refractivity contribution < 1.29 is 19.0 Å². The topological polar surface area (TPSA) is 56.8 Å². The Bertz CT molecular complexity index is 730. The summed E-state index contributed by atoms with van der Waals surface area (Å²) in [5.41, 5.74) is 1.75. The molecular weight excluding hydrogens is 342 g/mol. The van der Waals surface area contributed by atoms with E-state index in [2.05, 4.69) is 12.2 Å². The minimum Gasteiger partial charge on any atom is -0.494 e. The SMILES string of the molecule is CCCCCCOc1cccc(NC(=O)COc2ccc(C)cc2OC)c1. The minimum absolute atomic E-state index is 0.0957. The van der Waals surface area contributed by atoms with Crippen LogP contribution in [-0.2, 0) is 4.79 Å². The second-order valence-corrected chi connectivity index (χ2v) is 6.43. The number of hydrogen-bond donors (Lipinski definition) is 1. The number of aryl methyl sites for hydroxylation is 1. The third-order valence-corrected chi connectivity index (χ3v) is 4.06. The summed E-state index contributed by atoms with van der Waals surface area (Å²) in [6.07, 6.45) is 4.65. The molecule has 0 aliphatic rings. The highest BCUT2D eigenvalue weighted by molar-refractivity contribution is 5.92. The zero-order valence-corrected chi connectivity index (χ0v) is 16.4. The Morgan fingerprint density at radius 2 is 1.85 bits per heavy atom. The first kappa shape index (κ1) is 20.6. The van der Waals surface area contributed by atoms with Crippen molar-refractivity contribution in [1.29, 1.82) is 0 Å². The largest absolute Gasteiger partial charge is 0.494 e. The minimum atomic E-state index is -0.238. The van der Waals surface area contributed by atoms with Gasteiger partial charge in [-0.25, -0.2) is 0 Å². The summed E-state index contributed by atoms with van der Waals surface area (Å²) in [5.74, 6) is 1.67. The molecule has 2 aromatic rings. The summed E-state index contributed by atoms with van der Waals surface area (Å²) in [5, 5.41) is 2.83. The third-order valence-electron chi connectivity index (χ3n) is 4.06. The van der Waals surface area contributed by atoms with Gasteiger partial charge in [-0.3, -0.25) is 4.79 Å². The normalized spacial score (nSPS) is 10.3. The van der Waals surface area contributed by atoms with Crippen molar-refractivity contribution >= 4 is 11.6 Å². The number of benzene rings is 2. The quantitative estimate of drug-likeness (QED) is 0.566. The second kappa shape index (κ2) is 11.1. The van der Waals surface area contributed by atoms with Gasteiger partial charge < -0.3 is 19.5 Å². The zero-order valence-electron chi connectivity index (χ0n) is 16.4. The summed E-state index contributed by atoms with van der Waals surface area (Å²) in [7, 11) is 1.58. The van der Waals surface area contributed by atoms with Crippen LogP contribution in [0.2, 0.25) is 0 Å². The molecule has 146 valence electrons. The van der Waals surface area contributed by atoms with Gasteiger partial charge in [0.2, 0.25) is 0 Å². The van der Waals surface area contributed by atoms with Crippen LogP contribution in [0.4, 0.5) is 5.69 Å². The Morgan fingerprint density at radius 1 is 1.00 bits per heavy atom. The van der Waals surface area contributed by atoms with Crippen LogP contribution in [0.1, 0.15) is 38.2 Å². The van der Waals surface area contributed by atoms with Crippen molar-refractivity contribution in [3.05, 3.63) is 48.0 Å². The molecule has 0 atom stereocenters. The zero-order chi connectivity index (χ0) is 19.5. The molecule has 0 heterocycles. The van der Waals surface area contributed by atoms with Gasteiger partial charge in [-0.15, -0.1) is 0 Å². The van der Waals surface area contributed by atoms with Crippen molar-refractivity contribution in [2.45, 2.75) is 39.5 Å². The molecular formula is C22H29NO4. The smallest absolute Gasteiger partial charge is 0.262 e. The van der Waals surface area contributed by atoms with Gasteiger partial charge in [-0.1, -0.05) is 38.3 Å². The molecule has 0 fully saturated rings. The van der Waals surface area contributed by atoms with Crippen LogP contribution in [-0.4, -0.2) is 26.2 Å². The number of ether oxygens (including phenoxy) is 3. The second-order valence-electron chi connectivity index (χ2n) is 6.43. The van der Waals surface area contributed by atoms with Crippen LogP contribution >= 0.6 is 0 Å². The van der Waals surface area contributed by atoms with E-state index in [4.69, 9.17) is 14.2 Å². The highest BCUT2D eigenvalue weighted by atomic mass is 16.5. The van der Waals surface area contributed by atoms with Crippen LogP contribution in [0.3, 0.4) is 0 Å². The van der Waals surface area contributed by atoms with Crippen LogP contribution < -0.4 is 19.5 Å². The molecule has 2 rings (SSSR count). The number of unbranched alkanes of at least 4 members (excludes halogenated alkanes) is 3. The monoisotopic (exact) mass is 371 g/mol. The van der Waals surface area contributed by atoms with Crippen molar-refractivity contribution in [1.82, 2.24) is 0 Å². The van der Waals surface area contributed by atoms with E-state index in [1.807, 2.05) is 43.3 Å². The van der Waals surface area contributed by atoms with Gasteiger partial charge in [0.05, 0.1) is 13.7 Å². The summed E-state index contributed by atoms with van der Waals surface area (Å²) in [4.78, 5) is 12.2. The molecule has 27 heavy (non-hydrogen) atoms. The number of anilines is 1. The fourth-order valence-corrected chi connectivity index (χ4v) is 2.62. The molecule has 0 radical (unpaired) electrons. The first-order chi connectivity index (χ1) is 13.1. The Kier molecular flexibility index (Phi) is 8.49. The van der Waals surface area contributed by atoms with Gasteiger partial charge in [0.25, 0.3) is 5.91 Å². The molecule has 0 unspecified atom stereocenters. The Labute approximate surface area is 161 Å². The number of amides is 1. The number of carbonyl (C=O) groups excluding carboxylic acids is 1. The van der Waals surface area contributed by atoms with E-state index in [-0.39, 0.29) is 12.5 Å². The number of nitrogens with one attached hydrogen (secondary N) is 1. The average molecular weight is 371 g/mol. The van der Waals surface area contributed by atoms with Crippen molar-refractivity contribution in [3.8, 4) is 17.2 Å². The molecule has 0 aliphatic carbocycles. The summed E-state index contributed by atoms with van der Waals surface area (Å²) < 4.78 is 16.6. The average Bonchev–Trinajstić information content (AvgIpc) is 2.67. The molecule has 0 saturated heterocycles. The van der Waals surface area contributed by atoms with Crippen molar-refractivity contribution in [2.24, 2.45) is 0 Å². The molecule has 0 spiro atoms. The maximum atomic E-state index is 12.2. The summed E-state index contributed by atoms with van der Waals surface area (Å²) in [6.45, 7) is 4.75. The fraction of sp³-hybridized carbons (Fsp3) is 0.409. The van der Waals surface area contributed by atoms with E-state index < -0.39 is 0 Å². The van der Waals surface area contributed by atoms with E-state index >= 15 is 0 Å². The van der Waals surface area contributed by atoms with Gasteiger partial charge >= 0.3 is 0 Å². The van der Waals surface area contributed by atoms with Crippen LogP contribution in [0.5, 0.6) is 17.2 Å². The van der Waals surface area contributed by atoms with Crippen molar-refractivity contribution in [3.63, 3.8) is 0 Å². The van der Waals surface area contributed by atoms with E-state index in [1.54, 1.807) is 13.2 Å². The van der Waals surface area contributed by atoms with Gasteiger partial charge in [-0.05, 0) is 43.2 Å². The van der Waals surface area contributed by atoms with Crippen LogP contribution in [0.15, 0.2) is 42.5 Å². The molecule has 5 nitrogen and oxygen atoms in total. The molecule has 5 heteroatoms. The summed E-state index contributed by atoms with van der Waals surface area (Å²) >= 11 is 0. The van der Waals surface area contributed by atoms with Gasteiger partial charge in [-0.2, -0.15) is 0 Å². The summed E-state index contributed by atoms with van der Waals surface area (Å²) in [6, 6.07) is 13.0. The standard InChI is InChI=1S/C22H29NO4/c1-4-5-6-7-13-26-19-10-8-9-18(15-19)23-22(24)16-27-20-12-11-17(2)14-21(20)25-3/h8-12,14-15H,4-7,13,16H2,1-3H3,(H,23,24). The molecule has 2 aromatic carbocycles. The maximum Gasteiger partial charge on any atom is 0.262 e. The highest BCUT2D eigenvalue weighted by Gasteiger charge is 2.08. The number of rotatable bonds is 11. The molecule has 0 bridgehead atoms. The molecule has 0 saturated carbocycles. The molecule has 1 N–H and O–H groups in total. The first-order valence-corrected chi connectivity index (χ1v) is 9.42. The van der Waals surface area contributed by atoms with E-state index in [0.717, 1.165) is 17.7 Å². The Morgan fingerprint density at radius 3 is 2.63 bits per heavy atom. The number of hydrogen-bond acceptors (Lipinski definition) is 4. The molecule has 0 aliphatic heterocycles. The lowest BCUT2D eigenvalue weighted by Gasteiger charge is -2.12. The molecule has 0 aromatic heterocycles. The van der Waals surface area contributed by atoms with Crippen LogP contribution in [0.25, 0.3) is 0 Å². The predicted molar refractivity (Wildman–Crippen MR) is 108 cm³/mol. The van der Waals surface area contributed by atoms with Gasteiger partial charge in [0.1, 0.15) is 5.75 Å². The van der Waals surface area contributed by atoms with Gasteiger partial charge in [0, 0.05) is 11.8 Å². The fourth-order valence-electron chi connectivity index (χ4n) is 2.62. The highest BCUT2D eigenvalue weighted by Crippen LogP contribution is 2.27. The third kappa shape index (κ3) is 7.21. The predicted octanol–water partition coefficient (Wildman–Crippen LogP) is 4.98. The Hall–Kier alpha value is -2.69. The van der Waals surface area contributed by atoms with E-state index in [0.29, 0.717) is 23.8 Å². The molecule has 1 amide bonds. The van der Waals surface area contributed by atoms with Gasteiger partial charge in [0.15, 0.2) is 18.1 Å². The lowest BCUT2D eigenvalue weighted by atomic mass is 10.2. The number of carbonyl (C=O) groups is 1. The van der Waals surface area contributed by atoms with Crippen LogP contribution in [0, 0.1) is 6.92 Å². The first-order valence-electron chi connectivity index (χ1n) is 9.42. The van der Waals surface area contributed by atoms with Crippen molar-refractivity contribution in [2.75, 3.05) is 25.6 Å². The Balaban J connectivity index is 1.82. The lowest BCUT2D eigenvalue weighted by molar-refractivity contribution is -0.118.